The monoisotopic (exact) mass is 289 g/mol. The van der Waals surface area contributed by atoms with Gasteiger partial charge in [-0.15, -0.1) is 10.2 Å². The Kier molecular flexibility index (Phi) is 3.23. The molecule has 0 saturated heterocycles. The van der Waals surface area contributed by atoms with Crippen molar-refractivity contribution in [3.8, 4) is 0 Å². The third-order valence-corrected chi connectivity index (χ3v) is 3.62. The van der Waals surface area contributed by atoms with Gasteiger partial charge in [0, 0.05) is 19.4 Å². The summed E-state index contributed by atoms with van der Waals surface area (Å²) >= 11 is 1.52. The van der Waals surface area contributed by atoms with Crippen LogP contribution in [0.3, 0.4) is 0 Å². The maximum absolute atomic E-state index is 4.34. The first kappa shape index (κ1) is 12.8. The van der Waals surface area contributed by atoms with E-state index in [0.29, 0.717) is 6.54 Å². The highest BCUT2D eigenvalue weighted by Crippen LogP contribution is 2.22. The summed E-state index contributed by atoms with van der Waals surface area (Å²) < 4.78 is 3.63. The van der Waals surface area contributed by atoms with Crippen molar-refractivity contribution in [1.82, 2.24) is 29.8 Å². The smallest absolute Gasteiger partial charge is 0.210 e. The Labute approximate surface area is 120 Å². The van der Waals surface area contributed by atoms with Crippen molar-refractivity contribution < 1.29 is 0 Å². The summed E-state index contributed by atoms with van der Waals surface area (Å²) in [5.74, 6) is 0. The number of rotatable bonds is 4. The molecule has 7 nitrogen and oxygen atoms in total. The van der Waals surface area contributed by atoms with Gasteiger partial charge in [-0.25, -0.2) is 0 Å². The summed E-state index contributed by atoms with van der Waals surface area (Å²) in [6, 6.07) is 1.97. The van der Waals surface area contributed by atoms with Crippen LogP contribution in [0.4, 0.5) is 10.8 Å². The fourth-order valence-corrected chi connectivity index (χ4v) is 2.64. The van der Waals surface area contributed by atoms with Gasteiger partial charge in [-0.3, -0.25) is 9.36 Å². The number of hydrogen-bond donors (Lipinski definition) is 1. The third kappa shape index (κ3) is 2.69. The Morgan fingerprint density at radius 1 is 1.25 bits per heavy atom. The zero-order chi connectivity index (χ0) is 14.1. The van der Waals surface area contributed by atoms with E-state index in [1.807, 2.05) is 44.0 Å². The van der Waals surface area contributed by atoms with E-state index in [9.17, 15) is 0 Å². The van der Waals surface area contributed by atoms with Crippen LogP contribution in [0.2, 0.25) is 0 Å². The molecule has 8 heteroatoms. The van der Waals surface area contributed by atoms with Gasteiger partial charge in [-0.1, -0.05) is 11.3 Å². The van der Waals surface area contributed by atoms with Crippen molar-refractivity contribution in [1.29, 1.82) is 0 Å². The fourth-order valence-electron chi connectivity index (χ4n) is 1.90. The minimum atomic E-state index is 0.638. The summed E-state index contributed by atoms with van der Waals surface area (Å²) in [6.07, 6.45) is 3.86. The van der Waals surface area contributed by atoms with E-state index in [1.54, 1.807) is 4.68 Å². The van der Waals surface area contributed by atoms with Crippen molar-refractivity contribution in [2.45, 2.75) is 20.4 Å². The van der Waals surface area contributed by atoms with Crippen LogP contribution in [0.1, 0.15) is 16.4 Å². The lowest BCUT2D eigenvalue weighted by atomic mass is 10.4. The minimum absolute atomic E-state index is 0.638. The number of aromatic nitrogens is 6. The Hall–Kier alpha value is -2.22. The van der Waals surface area contributed by atoms with Crippen LogP contribution in [-0.4, -0.2) is 29.8 Å². The molecule has 0 aliphatic heterocycles. The average Bonchev–Trinajstić information content (AvgIpc) is 3.05. The van der Waals surface area contributed by atoms with Gasteiger partial charge >= 0.3 is 0 Å². The molecule has 3 aromatic heterocycles. The lowest BCUT2D eigenvalue weighted by Crippen LogP contribution is -1.99. The van der Waals surface area contributed by atoms with Gasteiger partial charge in [0.1, 0.15) is 5.01 Å². The second-order valence-corrected chi connectivity index (χ2v) is 5.64. The van der Waals surface area contributed by atoms with Crippen molar-refractivity contribution in [2.24, 2.45) is 7.05 Å². The summed E-state index contributed by atoms with van der Waals surface area (Å²) in [4.78, 5) is 0. The number of nitrogens with zero attached hydrogens (tertiary/aromatic N) is 6. The van der Waals surface area contributed by atoms with E-state index < -0.39 is 0 Å². The normalized spacial score (nSPS) is 10.9. The highest BCUT2D eigenvalue weighted by Gasteiger charge is 2.08. The van der Waals surface area contributed by atoms with Gasteiger partial charge in [0.05, 0.1) is 23.6 Å². The summed E-state index contributed by atoms with van der Waals surface area (Å²) in [5, 5.41) is 21.8. The maximum Gasteiger partial charge on any atom is 0.210 e. The lowest BCUT2D eigenvalue weighted by molar-refractivity contribution is 0.670. The molecule has 0 aliphatic rings. The zero-order valence-corrected chi connectivity index (χ0v) is 12.3. The predicted molar refractivity (Wildman–Crippen MR) is 77.2 cm³/mol. The van der Waals surface area contributed by atoms with Crippen LogP contribution in [0.25, 0.3) is 0 Å². The van der Waals surface area contributed by atoms with Gasteiger partial charge < -0.3 is 5.32 Å². The SMILES string of the molecule is Cc1ccn(Cc2nnc(Nc3cn(C)nc3C)s2)n1. The van der Waals surface area contributed by atoms with Crippen LogP contribution >= 0.6 is 11.3 Å². The average molecular weight is 289 g/mol. The molecule has 0 radical (unpaired) electrons. The van der Waals surface area contributed by atoms with Crippen molar-refractivity contribution in [3.05, 3.63) is 34.9 Å². The van der Waals surface area contributed by atoms with E-state index in [4.69, 9.17) is 0 Å². The molecule has 0 bridgehead atoms. The van der Waals surface area contributed by atoms with Gasteiger partial charge in [0.15, 0.2) is 0 Å². The molecule has 0 aromatic carbocycles. The molecule has 20 heavy (non-hydrogen) atoms. The second-order valence-electron chi connectivity index (χ2n) is 4.58. The molecule has 0 spiro atoms. The molecular weight excluding hydrogens is 274 g/mol. The molecule has 0 aliphatic carbocycles. The van der Waals surface area contributed by atoms with Gasteiger partial charge in [-0.05, 0) is 19.9 Å². The number of nitrogens with one attached hydrogen (secondary N) is 1. The van der Waals surface area contributed by atoms with Crippen molar-refractivity contribution in [3.63, 3.8) is 0 Å². The van der Waals surface area contributed by atoms with Gasteiger partial charge in [0.2, 0.25) is 5.13 Å². The molecule has 0 unspecified atom stereocenters. The number of aryl methyl sites for hydroxylation is 3. The summed E-state index contributed by atoms with van der Waals surface area (Å²) in [7, 11) is 1.89. The molecule has 1 N–H and O–H groups in total. The second kappa shape index (κ2) is 5.04. The number of hydrogen-bond acceptors (Lipinski definition) is 6. The standard InChI is InChI=1S/C12H15N7S/c1-8-4-5-19(16-8)7-11-14-15-12(20-11)13-10-6-18(3)17-9(10)2/h4-6H,7H2,1-3H3,(H,13,15). The Balaban J connectivity index is 1.72. The first-order chi connectivity index (χ1) is 9.60. The summed E-state index contributed by atoms with van der Waals surface area (Å²) in [6.45, 7) is 4.56. The van der Waals surface area contributed by atoms with Crippen LogP contribution in [0, 0.1) is 13.8 Å². The Bertz CT molecular complexity index is 724. The Morgan fingerprint density at radius 2 is 2.10 bits per heavy atom. The zero-order valence-electron chi connectivity index (χ0n) is 11.5. The largest absolute Gasteiger partial charge is 0.327 e. The van der Waals surface area contributed by atoms with Crippen molar-refractivity contribution in [2.75, 3.05) is 5.32 Å². The van der Waals surface area contributed by atoms with E-state index in [1.165, 1.54) is 11.3 Å². The molecule has 104 valence electrons. The van der Waals surface area contributed by atoms with E-state index in [0.717, 1.165) is 27.2 Å². The van der Waals surface area contributed by atoms with Gasteiger partial charge in [-0.2, -0.15) is 10.2 Å². The van der Waals surface area contributed by atoms with Crippen LogP contribution < -0.4 is 5.32 Å². The Morgan fingerprint density at radius 3 is 2.75 bits per heavy atom. The van der Waals surface area contributed by atoms with Crippen molar-refractivity contribution >= 4 is 22.2 Å². The van der Waals surface area contributed by atoms with E-state index in [2.05, 4.69) is 25.7 Å². The molecule has 0 amide bonds. The van der Waals surface area contributed by atoms with E-state index >= 15 is 0 Å². The first-order valence-corrected chi connectivity index (χ1v) is 7.01. The molecule has 0 fully saturated rings. The van der Waals surface area contributed by atoms with Crippen LogP contribution in [0.5, 0.6) is 0 Å². The molecule has 3 rings (SSSR count). The van der Waals surface area contributed by atoms with E-state index in [-0.39, 0.29) is 0 Å². The molecule has 3 aromatic rings. The molecule has 0 saturated carbocycles. The van der Waals surface area contributed by atoms with Crippen LogP contribution in [-0.2, 0) is 13.6 Å². The first-order valence-electron chi connectivity index (χ1n) is 6.20. The molecular formula is C12H15N7S. The molecule has 3 heterocycles. The predicted octanol–water partition coefficient (Wildman–Crippen LogP) is 1.88. The van der Waals surface area contributed by atoms with Gasteiger partial charge in [0.25, 0.3) is 0 Å². The third-order valence-electron chi connectivity index (χ3n) is 2.79. The molecule has 0 atom stereocenters. The fraction of sp³-hybridized carbons (Fsp3) is 0.333. The summed E-state index contributed by atoms with van der Waals surface area (Å²) in [5.41, 5.74) is 2.89. The lowest BCUT2D eigenvalue weighted by Gasteiger charge is -1.97. The number of anilines is 2. The minimum Gasteiger partial charge on any atom is -0.327 e. The maximum atomic E-state index is 4.34. The highest BCUT2D eigenvalue weighted by atomic mass is 32.1. The topological polar surface area (TPSA) is 73.5 Å². The van der Waals surface area contributed by atoms with Crippen LogP contribution in [0.15, 0.2) is 18.5 Å². The quantitative estimate of drug-likeness (QED) is 0.794. The highest BCUT2D eigenvalue weighted by molar-refractivity contribution is 7.15.